The van der Waals surface area contributed by atoms with Crippen molar-refractivity contribution in [2.24, 2.45) is 0 Å². The summed E-state index contributed by atoms with van der Waals surface area (Å²) in [5.74, 6) is -1.08. The number of halogens is 2. The molecular formula is C12H16BrFN2O3S. The summed E-state index contributed by atoms with van der Waals surface area (Å²) < 4.78 is 39.5. The normalized spacial score (nSPS) is 11.7. The fourth-order valence-electron chi connectivity index (χ4n) is 1.56. The summed E-state index contributed by atoms with van der Waals surface area (Å²) in [6.45, 7) is 1.70. The Morgan fingerprint density at radius 1 is 1.45 bits per heavy atom. The van der Waals surface area contributed by atoms with Crippen LogP contribution in [0, 0.1) is 5.82 Å². The molecule has 0 fully saturated rings. The van der Waals surface area contributed by atoms with Crippen molar-refractivity contribution in [2.75, 3.05) is 20.1 Å². The number of carbonyl (C=O) groups is 1. The van der Waals surface area contributed by atoms with Gasteiger partial charge in [0.25, 0.3) is 0 Å². The number of sulfonamides is 1. The van der Waals surface area contributed by atoms with E-state index in [1.165, 1.54) is 19.2 Å². The number of benzene rings is 1. The van der Waals surface area contributed by atoms with Gasteiger partial charge in [-0.25, -0.2) is 12.8 Å². The zero-order valence-electron chi connectivity index (χ0n) is 11.2. The molecule has 0 aliphatic heterocycles. The smallest absolute Gasteiger partial charge is 0.243 e. The molecule has 1 aromatic carbocycles. The first kappa shape index (κ1) is 17.1. The monoisotopic (exact) mass is 366 g/mol. The number of nitrogens with one attached hydrogen (secondary N) is 1. The fraction of sp³-hybridized carbons (Fsp3) is 0.417. The van der Waals surface area contributed by atoms with Crippen molar-refractivity contribution in [3.8, 4) is 0 Å². The molecule has 0 bridgehead atoms. The predicted octanol–water partition coefficient (Wildman–Crippen LogP) is 1.73. The average molecular weight is 367 g/mol. The van der Waals surface area contributed by atoms with E-state index in [2.05, 4.69) is 21.2 Å². The first-order chi connectivity index (χ1) is 9.32. The molecule has 0 aromatic heterocycles. The second-order valence-electron chi connectivity index (χ2n) is 4.09. The molecule has 0 unspecified atom stereocenters. The number of hydrogen-bond acceptors (Lipinski definition) is 3. The summed E-state index contributed by atoms with van der Waals surface area (Å²) in [6.07, 6.45) is 0.551. The van der Waals surface area contributed by atoms with Gasteiger partial charge in [0.2, 0.25) is 15.9 Å². The highest BCUT2D eigenvalue weighted by molar-refractivity contribution is 9.10. The van der Waals surface area contributed by atoms with Gasteiger partial charge in [-0.05, 0) is 40.5 Å². The van der Waals surface area contributed by atoms with Gasteiger partial charge in [0, 0.05) is 13.6 Å². The third-order valence-corrected chi connectivity index (χ3v) is 5.08. The second kappa shape index (κ2) is 7.14. The van der Waals surface area contributed by atoms with Gasteiger partial charge in [0.15, 0.2) is 0 Å². The Kier molecular flexibility index (Phi) is 6.09. The van der Waals surface area contributed by atoms with Gasteiger partial charge in [-0.3, -0.25) is 4.79 Å². The first-order valence-electron chi connectivity index (χ1n) is 5.98. The maximum atomic E-state index is 13.5. The van der Waals surface area contributed by atoms with Gasteiger partial charge < -0.3 is 5.32 Å². The third-order valence-electron chi connectivity index (χ3n) is 2.60. The van der Waals surface area contributed by atoms with E-state index in [1.54, 1.807) is 6.92 Å². The largest absolute Gasteiger partial charge is 0.358 e. The minimum absolute atomic E-state index is 0.171. The van der Waals surface area contributed by atoms with Crippen LogP contribution in [0.4, 0.5) is 4.39 Å². The molecule has 0 spiro atoms. The Morgan fingerprint density at radius 2 is 2.10 bits per heavy atom. The minimum atomic E-state index is -3.90. The first-order valence-corrected chi connectivity index (χ1v) is 8.22. The SMILES string of the molecule is CCCN(CC(=O)NC)S(=O)(=O)c1ccc(Br)c(F)c1. The van der Waals surface area contributed by atoms with Crippen LogP contribution >= 0.6 is 15.9 Å². The van der Waals surface area contributed by atoms with Crippen molar-refractivity contribution >= 4 is 31.9 Å². The van der Waals surface area contributed by atoms with E-state index in [9.17, 15) is 17.6 Å². The lowest BCUT2D eigenvalue weighted by molar-refractivity contribution is -0.120. The molecule has 0 aliphatic carbocycles. The maximum Gasteiger partial charge on any atom is 0.243 e. The lowest BCUT2D eigenvalue weighted by Crippen LogP contribution is -2.40. The highest BCUT2D eigenvalue weighted by Crippen LogP contribution is 2.22. The average Bonchev–Trinajstić information content (AvgIpc) is 2.40. The standard InChI is InChI=1S/C12H16BrFN2O3S/c1-3-6-16(8-12(17)15-2)20(18,19)9-4-5-10(13)11(14)7-9/h4-5,7H,3,6,8H2,1-2H3,(H,15,17). The zero-order valence-corrected chi connectivity index (χ0v) is 13.6. The Balaban J connectivity index is 3.14. The van der Waals surface area contributed by atoms with Gasteiger partial charge in [-0.1, -0.05) is 6.92 Å². The maximum absolute atomic E-state index is 13.5. The molecule has 1 aromatic rings. The number of rotatable bonds is 6. The molecule has 112 valence electrons. The van der Waals surface area contributed by atoms with E-state index in [0.29, 0.717) is 6.42 Å². The molecule has 1 amide bonds. The molecular weight excluding hydrogens is 351 g/mol. The van der Waals surface area contributed by atoms with Crippen molar-refractivity contribution in [1.82, 2.24) is 9.62 Å². The Labute approximate surface area is 126 Å². The summed E-state index contributed by atoms with van der Waals surface area (Å²) in [6, 6.07) is 3.56. The zero-order chi connectivity index (χ0) is 15.3. The van der Waals surface area contributed by atoms with Crippen LogP contribution in [0.1, 0.15) is 13.3 Å². The van der Waals surface area contributed by atoms with E-state index in [1.807, 2.05) is 0 Å². The van der Waals surface area contributed by atoms with Crippen LogP contribution in [-0.4, -0.2) is 38.8 Å². The van der Waals surface area contributed by atoms with E-state index >= 15 is 0 Å². The second-order valence-corrected chi connectivity index (χ2v) is 6.88. The Morgan fingerprint density at radius 3 is 2.60 bits per heavy atom. The van der Waals surface area contributed by atoms with Crippen LogP contribution in [-0.2, 0) is 14.8 Å². The van der Waals surface area contributed by atoms with Crippen LogP contribution < -0.4 is 5.32 Å². The minimum Gasteiger partial charge on any atom is -0.358 e. The number of hydrogen-bond donors (Lipinski definition) is 1. The van der Waals surface area contributed by atoms with Gasteiger partial charge in [0.05, 0.1) is 15.9 Å². The van der Waals surface area contributed by atoms with Crippen molar-refractivity contribution < 1.29 is 17.6 Å². The van der Waals surface area contributed by atoms with E-state index in [0.717, 1.165) is 10.4 Å². The van der Waals surface area contributed by atoms with Crippen LogP contribution in [0.15, 0.2) is 27.6 Å². The fourth-order valence-corrected chi connectivity index (χ4v) is 3.31. The van der Waals surface area contributed by atoms with Crippen LogP contribution in [0.5, 0.6) is 0 Å². The molecule has 0 atom stereocenters. The van der Waals surface area contributed by atoms with Gasteiger partial charge >= 0.3 is 0 Å². The predicted molar refractivity (Wildman–Crippen MR) is 77.2 cm³/mol. The van der Waals surface area contributed by atoms with Crippen molar-refractivity contribution in [3.05, 3.63) is 28.5 Å². The quantitative estimate of drug-likeness (QED) is 0.833. The molecule has 8 heteroatoms. The lowest BCUT2D eigenvalue weighted by Gasteiger charge is -2.20. The number of amides is 1. The molecule has 0 aliphatic rings. The van der Waals surface area contributed by atoms with Gasteiger partial charge in [0.1, 0.15) is 5.82 Å². The Bertz CT molecular complexity index is 592. The lowest BCUT2D eigenvalue weighted by atomic mass is 10.3. The van der Waals surface area contributed by atoms with Gasteiger partial charge in [-0.2, -0.15) is 4.31 Å². The summed E-state index contributed by atoms with van der Waals surface area (Å²) in [5, 5.41) is 2.37. The molecule has 0 radical (unpaired) electrons. The molecule has 0 saturated carbocycles. The molecule has 0 heterocycles. The van der Waals surface area contributed by atoms with Crippen LogP contribution in [0.2, 0.25) is 0 Å². The van der Waals surface area contributed by atoms with Crippen molar-refractivity contribution in [1.29, 1.82) is 0 Å². The van der Waals surface area contributed by atoms with E-state index in [-0.39, 0.29) is 22.5 Å². The van der Waals surface area contributed by atoms with Crippen LogP contribution in [0.25, 0.3) is 0 Å². The topological polar surface area (TPSA) is 66.5 Å². The molecule has 5 nitrogen and oxygen atoms in total. The highest BCUT2D eigenvalue weighted by atomic mass is 79.9. The third kappa shape index (κ3) is 4.00. The highest BCUT2D eigenvalue weighted by Gasteiger charge is 2.26. The molecule has 20 heavy (non-hydrogen) atoms. The summed E-state index contributed by atoms with van der Waals surface area (Å²) in [4.78, 5) is 11.2. The number of carbonyl (C=O) groups excluding carboxylic acids is 1. The van der Waals surface area contributed by atoms with Crippen LogP contribution in [0.3, 0.4) is 0 Å². The summed E-state index contributed by atoms with van der Waals surface area (Å²) in [5.41, 5.74) is 0. The molecule has 1 N–H and O–H groups in total. The van der Waals surface area contributed by atoms with Crippen molar-refractivity contribution in [3.63, 3.8) is 0 Å². The van der Waals surface area contributed by atoms with Crippen molar-refractivity contribution in [2.45, 2.75) is 18.2 Å². The summed E-state index contributed by atoms with van der Waals surface area (Å²) >= 11 is 2.97. The number of nitrogens with zero attached hydrogens (tertiary/aromatic N) is 1. The Hall–Kier alpha value is -0.990. The molecule has 0 saturated heterocycles. The van der Waals surface area contributed by atoms with E-state index < -0.39 is 21.7 Å². The number of likely N-dealkylation sites (N-methyl/N-ethyl adjacent to an activating group) is 1. The molecule has 1 rings (SSSR count). The van der Waals surface area contributed by atoms with Gasteiger partial charge in [-0.15, -0.1) is 0 Å². The summed E-state index contributed by atoms with van der Waals surface area (Å²) in [7, 11) is -2.47. The van der Waals surface area contributed by atoms with E-state index in [4.69, 9.17) is 0 Å².